The minimum atomic E-state index is -0.637. The molecule has 1 N–H and O–H groups in total. The number of amides is 1. The van der Waals surface area contributed by atoms with E-state index < -0.39 is 18.0 Å². The van der Waals surface area contributed by atoms with Crippen molar-refractivity contribution in [2.24, 2.45) is 0 Å². The van der Waals surface area contributed by atoms with E-state index in [2.05, 4.69) is 5.32 Å². The SMILES string of the molecule is CCOC(=O)c1oc2ccccc2c1COC(=O)[C@@H]1CCC(=O)N1. The Balaban J connectivity index is 1.82. The molecule has 1 aromatic carbocycles. The number of carbonyl (C=O) groups is 3. The molecule has 24 heavy (non-hydrogen) atoms. The highest BCUT2D eigenvalue weighted by Gasteiger charge is 2.29. The second-order valence-corrected chi connectivity index (χ2v) is 5.39. The Kier molecular flexibility index (Phi) is 4.50. The molecule has 1 aliphatic heterocycles. The molecular weight excluding hydrogens is 314 g/mol. The molecule has 1 fully saturated rings. The maximum absolute atomic E-state index is 12.1. The van der Waals surface area contributed by atoms with Crippen LogP contribution in [0, 0.1) is 0 Å². The van der Waals surface area contributed by atoms with Crippen LogP contribution in [0.5, 0.6) is 0 Å². The maximum atomic E-state index is 12.1. The molecule has 2 aromatic rings. The van der Waals surface area contributed by atoms with Crippen molar-refractivity contribution in [3.05, 3.63) is 35.6 Å². The summed E-state index contributed by atoms with van der Waals surface area (Å²) < 4.78 is 15.8. The Morgan fingerprint density at radius 2 is 2.08 bits per heavy atom. The van der Waals surface area contributed by atoms with Crippen molar-refractivity contribution >= 4 is 28.8 Å². The molecule has 2 heterocycles. The zero-order chi connectivity index (χ0) is 17.1. The van der Waals surface area contributed by atoms with Gasteiger partial charge >= 0.3 is 11.9 Å². The van der Waals surface area contributed by atoms with Crippen LogP contribution in [0.3, 0.4) is 0 Å². The molecule has 3 rings (SSSR count). The third-order valence-electron chi connectivity index (χ3n) is 3.80. The quantitative estimate of drug-likeness (QED) is 0.841. The summed E-state index contributed by atoms with van der Waals surface area (Å²) in [4.78, 5) is 35.3. The summed E-state index contributed by atoms with van der Waals surface area (Å²) in [5, 5.41) is 3.23. The molecule has 0 bridgehead atoms. The van der Waals surface area contributed by atoms with Gasteiger partial charge in [0.1, 0.15) is 18.2 Å². The molecule has 1 amide bonds. The third kappa shape index (κ3) is 3.10. The molecule has 1 aromatic heterocycles. The number of benzene rings is 1. The van der Waals surface area contributed by atoms with Crippen molar-refractivity contribution in [1.29, 1.82) is 0 Å². The second kappa shape index (κ2) is 6.74. The number of nitrogens with one attached hydrogen (secondary N) is 1. The zero-order valence-electron chi connectivity index (χ0n) is 13.2. The van der Waals surface area contributed by atoms with E-state index in [4.69, 9.17) is 13.9 Å². The first kappa shape index (κ1) is 16.0. The third-order valence-corrected chi connectivity index (χ3v) is 3.80. The van der Waals surface area contributed by atoms with Crippen LogP contribution in [0.1, 0.15) is 35.9 Å². The lowest BCUT2D eigenvalue weighted by molar-refractivity contribution is -0.147. The Labute approximate surface area is 137 Å². The fourth-order valence-electron chi connectivity index (χ4n) is 2.64. The summed E-state index contributed by atoms with van der Waals surface area (Å²) in [5.41, 5.74) is 0.975. The van der Waals surface area contributed by atoms with Crippen LogP contribution < -0.4 is 5.32 Å². The van der Waals surface area contributed by atoms with E-state index >= 15 is 0 Å². The van der Waals surface area contributed by atoms with Crippen LogP contribution in [-0.4, -0.2) is 30.5 Å². The van der Waals surface area contributed by atoms with Crippen LogP contribution >= 0.6 is 0 Å². The van der Waals surface area contributed by atoms with Crippen LogP contribution in [0.2, 0.25) is 0 Å². The average Bonchev–Trinajstić information content (AvgIpc) is 3.16. The van der Waals surface area contributed by atoms with E-state index in [1.54, 1.807) is 31.2 Å². The maximum Gasteiger partial charge on any atom is 0.374 e. The molecule has 7 heteroatoms. The predicted molar refractivity (Wildman–Crippen MR) is 83.1 cm³/mol. The highest BCUT2D eigenvalue weighted by atomic mass is 16.5. The number of ether oxygens (including phenoxy) is 2. The van der Waals surface area contributed by atoms with E-state index in [9.17, 15) is 14.4 Å². The predicted octanol–water partition coefficient (Wildman–Crippen LogP) is 1.93. The summed E-state index contributed by atoms with van der Waals surface area (Å²) in [7, 11) is 0. The number of hydrogen-bond donors (Lipinski definition) is 1. The molecule has 1 atom stereocenters. The van der Waals surface area contributed by atoms with Crippen LogP contribution in [0.25, 0.3) is 11.0 Å². The summed E-state index contributed by atoms with van der Waals surface area (Å²) in [5.74, 6) is -1.27. The number of carbonyl (C=O) groups excluding carboxylic acids is 3. The van der Waals surface area contributed by atoms with Crippen LogP contribution in [-0.2, 0) is 25.7 Å². The topological polar surface area (TPSA) is 94.8 Å². The van der Waals surface area contributed by atoms with Gasteiger partial charge in [0.25, 0.3) is 0 Å². The molecular formula is C17H17NO6. The Hall–Kier alpha value is -2.83. The second-order valence-electron chi connectivity index (χ2n) is 5.39. The van der Waals surface area contributed by atoms with Crippen molar-refractivity contribution in [3.8, 4) is 0 Å². The zero-order valence-corrected chi connectivity index (χ0v) is 13.2. The number of hydrogen-bond acceptors (Lipinski definition) is 6. The summed E-state index contributed by atoms with van der Waals surface area (Å²) >= 11 is 0. The number of fused-ring (bicyclic) bond motifs is 1. The first-order valence-electron chi connectivity index (χ1n) is 7.73. The molecule has 1 aliphatic rings. The van der Waals surface area contributed by atoms with Gasteiger partial charge in [-0.2, -0.15) is 0 Å². The number of furan rings is 1. The fraction of sp³-hybridized carbons (Fsp3) is 0.353. The lowest BCUT2D eigenvalue weighted by Crippen LogP contribution is -2.34. The molecule has 7 nitrogen and oxygen atoms in total. The number of rotatable bonds is 5. The molecule has 0 radical (unpaired) electrons. The van der Waals surface area contributed by atoms with Gasteiger partial charge in [-0.3, -0.25) is 4.79 Å². The van der Waals surface area contributed by atoms with Gasteiger partial charge in [-0.15, -0.1) is 0 Å². The standard InChI is InChI=1S/C17H17NO6/c1-2-22-17(21)15-11(10-5-3-4-6-13(10)24-15)9-23-16(20)12-7-8-14(19)18-12/h3-6,12H,2,7-9H2,1H3,(H,18,19)/t12-/m0/s1. The summed E-state index contributed by atoms with van der Waals surface area (Å²) in [6.45, 7) is 1.78. The van der Waals surface area contributed by atoms with E-state index in [1.807, 2.05) is 0 Å². The smallest absolute Gasteiger partial charge is 0.374 e. The molecule has 1 saturated heterocycles. The van der Waals surface area contributed by atoms with E-state index in [0.717, 1.165) is 0 Å². The first-order valence-corrected chi connectivity index (χ1v) is 7.73. The monoisotopic (exact) mass is 331 g/mol. The van der Waals surface area contributed by atoms with Crippen molar-refractivity contribution < 1.29 is 28.3 Å². The van der Waals surface area contributed by atoms with Gasteiger partial charge in [0.2, 0.25) is 11.7 Å². The molecule has 0 spiro atoms. The van der Waals surface area contributed by atoms with Gasteiger partial charge in [-0.1, -0.05) is 18.2 Å². The van der Waals surface area contributed by atoms with Crippen molar-refractivity contribution in [2.75, 3.05) is 6.61 Å². The van der Waals surface area contributed by atoms with Crippen molar-refractivity contribution in [3.63, 3.8) is 0 Å². The van der Waals surface area contributed by atoms with Crippen LogP contribution in [0.4, 0.5) is 0 Å². The average molecular weight is 331 g/mol. The minimum absolute atomic E-state index is 0.0290. The Bertz CT molecular complexity index is 793. The minimum Gasteiger partial charge on any atom is -0.460 e. The Morgan fingerprint density at radius 3 is 2.79 bits per heavy atom. The van der Waals surface area contributed by atoms with Gasteiger partial charge < -0.3 is 19.2 Å². The lowest BCUT2D eigenvalue weighted by atomic mass is 10.1. The van der Waals surface area contributed by atoms with Gasteiger partial charge in [-0.05, 0) is 19.4 Å². The summed E-state index contributed by atoms with van der Waals surface area (Å²) in [6.07, 6.45) is 0.719. The molecule has 0 unspecified atom stereocenters. The normalized spacial score (nSPS) is 16.9. The number of esters is 2. The fourth-order valence-corrected chi connectivity index (χ4v) is 2.64. The van der Waals surface area contributed by atoms with Gasteiger partial charge in [0.05, 0.1) is 12.2 Å². The molecule has 0 saturated carbocycles. The van der Waals surface area contributed by atoms with Crippen LogP contribution in [0.15, 0.2) is 28.7 Å². The van der Waals surface area contributed by atoms with Gasteiger partial charge in [0.15, 0.2) is 0 Å². The van der Waals surface area contributed by atoms with Gasteiger partial charge in [-0.25, -0.2) is 9.59 Å². The van der Waals surface area contributed by atoms with E-state index in [0.29, 0.717) is 29.4 Å². The van der Waals surface area contributed by atoms with Crippen molar-refractivity contribution in [1.82, 2.24) is 5.32 Å². The van der Waals surface area contributed by atoms with E-state index in [1.165, 1.54) is 0 Å². The Morgan fingerprint density at radius 1 is 1.29 bits per heavy atom. The van der Waals surface area contributed by atoms with Gasteiger partial charge in [0, 0.05) is 11.8 Å². The first-order chi connectivity index (χ1) is 11.6. The highest BCUT2D eigenvalue weighted by Crippen LogP contribution is 2.27. The van der Waals surface area contributed by atoms with Crippen molar-refractivity contribution in [2.45, 2.75) is 32.4 Å². The number of para-hydroxylation sites is 1. The largest absolute Gasteiger partial charge is 0.460 e. The lowest BCUT2D eigenvalue weighted by Gasteiger charge is -2.10. The molecule has 126 valence electrons. The molecule has 0 aliphatic carbocycles. The highest BCUT2D eigenvalue weighted by molar-refractivity contribution is 5.96. The van der Waals surface area contributed by atoms with E-state index in [-0.39, 0.29) is 24.9 Å². The summed E-state index contributed by atoms with van der Waals surface area (Å²) in [6, 6.07) is 6.45.